The van der Waals surface area contributed by atoms with Gasteiger partial charge in [-0.1, -0.05) is 0 Å². The number of carbonyl (C=O) groups is 3. The van der Waals surface area contributed by atoms with Crippen LogP contribution in [0.3, 0.4) is 0 Å². The molecule has 3 N–H and O–H groups in total. The zero-order valence-corrected chi connectivity index (χ0v) is 17.3. The largest absolute Gasteiger partial charge is 0.347 e. The summed E-state index contributed by atoms with van der Waals surface area (Å²) in [5, 5.41) is 6.93. The van der Waals surface area contributed by atoms with Crippen LogP contribution in [0.4, 0.5) is 0 Å². The van der Waals surface area contributed by atoms with E-state index < -0.39 is 5.91 Å². The molecule has 0 saturated heterocycles. The van der Waals surface area contributed by atoms with Gasteiger partial charge < -0.3 is 5.32 Å². The Kier molecular flexibility index (Phi) is 5.36. The second-order valence-electron chi connectivity index (χ2n) is 9.55. The van der Waals surface area contributed by atoms with Crippen LogP contribution in [0, 0.1) is 37.0 Å². The van der Waals surface area contributed by atoms with Crippen LogP contribution in [0.25, 0.3) is 0 Å². The van der Waals surface area contributed by atoms with Crippen LogP contribution in [0.2, 0.25) is 0 Å². The summed E-state index contributed by atoms with van der Waals surface area (Å²) in [5.41, 5.74) is 6.58. The zero-order valence-electron chi connectivity index (χ0n) is 17.3. The van der Waals surface area contributed by atoms with Crippen molar-refractivity contribution in [3.05, 3.63) is 17.5 Å². The van der Waals surface area contributed by atoms with Crippen LogP contribution in [-0.4, -0.2) is 34.0 Å². The lowest BCUT2D eigenvalue weighted by Crippen LogP contribution is -2.50. The highest BCUT2D eigenvalue weighted by molar-refractivity contribution is 5.86. The van der Waals surface area contributed by atoms with Crippen LogP contribution < -0.4 is 16.2 Å². The summed E-state index contributed by atoms with van der Waals surface area (Å²) < 4.78 is 1.57. The third kappa shape index (κ3) is 4.62. The second-order valence-corrected chi connectivity index (χ2v) is 9.55. The molecular formula is C21H31N5O3. The van der Waals surface area contributed by atoms with Crippen LogP contribution in [0.5, 0.6) is 0 Å². The average molecular weight is 402 g/mol. The second kappa shape index (κ2) is 7.80. The number of aryl methyl sites for hydroxylation is 2. The van der Waals surface area contributed by atoms with Gasteiger partial charge in [0, 0.05) is 12.1 Å². The summed E-state index contributed by atoms with van der Waals surface area (Å²) in [5.74, 6) is 1.53. The van der Waals surface area contributed by atoms with Gasteiger partial charge >= 0.3 is 0 Å². The van der Waals surface area contributed by atoms with Crippen molar-refractivity contribution in [2.24, 2.45) is 23.2 Å². The maximum Gasteiger partial charge on any atom is 0.260 e. The maximum atomic E-state index is 12.5. The van der Waals surface area contributed by atoms with E-state index in [9.17, 15) is 14.4 Å². The van der Waals surface area contributed by atoms with Gasteiger partial charge in [-0.05, 0) is 81.6 Å². The lowest BCUT2D eigenvalue weighted by atomic mass is 9.49. The van der Waals surface area contributed by atoms with Crippen molar-refractivity contribution in [3.63, 3.8) is 0 Å². The fourth-order valence-corrected chi connectivity index (χ4v) is 6.28. The van der Waals surface area contributed by atoms with Crippen molar-refractivity contribution in [2.75, 3.05) is 6.54 Å². The molecule has 0 unspecified atom stereocenters. The lowest BCUT2D eigenvalue weighted by Gasteiger charge is -2.56. The number of aromatic nitrogens is 2. The molecule has 4 bridgehead atoms. The molecule has 4 fully saturated rings. The van der Waals surface area contributed by atoms with E-state index in [0.717, 1.165) is 29.1 Å². The smallest absolute Gasteiger partial charge is 0.260 e. The molecule has 29 heavy (non-hydrogen) atoms. The third-order valence-electron chi connectivity index (χ3n) is 6.88. The average Bonchev–Trinajstić information content (AvgIpc) is 2.93. The highest BCUT2D eigenvalue weighted by Gasteiger charge is 2.51. The van der Waals surface area contributed by atoms with Gasteiger partial charge in [-0.15, -0.1) is 0 Å². The van der Waals surface area contributed by atoms with Gasteiger partial charge in [0.15, 0.2) is 0 Å². The molecule has 4 aliphatic rings. The number of hydrazine groups is 1. The van der Waals surface area contributed by atoms with Gasteiger partial charge in [-0.25, -0.2) is 0 Å². The number of nitrogens with zero attached hydrogens (tertiary/aromatic N) is 2. The molecule has 0 radical (unpaired) electrons. The van der Waals surface area contributed by atoms with E-state index in [2.05, 4.69) is 21.3 Å². The number of carbonyl (C=O) groups excluding carboxylic acids is 3. The normalized spacial score (nSPS) is 29.5. The van der Waals surface area contributed by atoms with Crippen molar-refractivity contribution >= 4 is 17.7 Å². The number of hydrogen-bond acceptors (Lipinski definition) is 4. The van der Waals surface area contributed by atoms with Gasteiger partial charge in [0.25, 0.3) is 11.8 Å². The molecule has 0 spiro atoms. The Bertz CT molecular complexity index is 780. The van der Waals surface area contributed by atoms with Crippen LogP contribution in [0.1, 0.15) is 56.3 Å². The number of nitrogens with one attached hydrogen (secondary N) is 3. The molecule has 0 aliphatic heterocycles. The highest BCUT2D eigenvalue weighted by Crippen LogP contribution is 2.61. The van der Waals surface area contributed by atoms with E-state index in [4.69, 9.17) is 0 Å². The summed E-state index contributed by atoms with van der Waals surface area (Å²) in [4.78, 5) is 36.4. The molecule has 4 aliphatic carbocycles. The van der Waals surface area contributed by atoms with Crippen molar-refractivity contribution in [2.45, 2.75) is 65.3 Å². The van der Waals surface area contributed by atoms with Crippen molar-refractivity contribution in [1.29, 1.82) is 0 Å². The molecule has 3 amide bonds. The van der Waals surface area contributed by atoms with E-state index in [1.807, 2.05) is 19.9 Å². The monoisotopic (exact) mass is 401 g/mol. The molecule has 0 aromatic carbocycles. The number of amides is 3. The molecule has 8 nitrogen and oxygen atoms in total. The van der Waals surface area contributed by atoms with Crippen molar-refractivity contribution < 1.29 is 14.4 Å². The Hall–Kier alpha value is -2.38. The molecule has 1 heterocycles. The Morgan fingerprint density at radius 1 is 1.00 bits per heavy atom. The van der Waals surface area contributed by atoms with E-state index in [1.54, 1.807) is 4.68 Å². The van der Waals surface area contributed by atoms with E-state index >= 15 is 0 Å². The summed E-state index contributed by atoms with van der Waals surface area (Å²) in [6.07, 6.45) is 8.07. The first-order chi connectivity index (χ1) is 13.8. The van der Waals surface area contributed by atoms with Gasteiger partial charge in [-0.2, -0.15) is 5.10 Å². The first kappa shape index (κ1) is 19.9. The third-order valence-corrected chi connectivity index (χ3v) is 6.88. The summed E-state index contributed by atoms with van der Waals surface area (Å²) in [6.45, 7) is 3.62. The minimum absolute atomic E-state index is 0.0261. The SMILES string of the molecule is Cc1cc(C)n(CC(=O)NNC(=O)CNC(=O)CC23CC4CC(CC(C4)C2)C3)n1. The van der Waals surface area contributed by atoms with Crippen LogP contribution in [0.15, 0.2) is 6.07 Å². The topological polar surface area (TPSA) is 105 Å². The Morgan fingerprint density at radius 3 is 2.14 bits per heavy atom. The number of hydrogen-bond donors (Lipinski definition) is 3. The lowest BCUT2D eigenvalue weighted by molar-refractivity contribution is -0.133. The molecule has 0 atom stereocenters. The molecule has 158 valence electrons. The Balaban J connectivity index is 1.17. The molecular weight excluding hydrogens is 370 g/mol. The highest BCUT2D eigenvalue weighted by atomic mass is 16.2. The van der Waals surface area contributed by atoms with Gasteiger partial charge in [-0.3, -0.25) is 29.9 Å². The molecule has 8 heteroatoms. The van der Waals surface area contributed by atoms with Gasteiger partial charge in [0.1, 0.15) is 6.54 Å². The van der Waals surface area contributed by atoms with Crippen molar-refractivity contribution in [3.8, 4) is 0 Å². The summed E-state index contributed by atoms with van der Waals surface area (Å²) in [7, 11) is 0. The molecule has 1 aromatic heterocycles. The fourth-order valence-electron chi connectivity index (χ4n) is 6.28. The standard InChI is InChI=1S/C21H31N5O3/c1-13-3-14(2)26(25-13)12-20(29)24-23-19(28)11-22-18(27)10-21-7-15-4-16(8-21)6-17(5-15)9-21/h3,15-17H,4-12H2,1-2H3,(H,22,27)(H,23,28)(H,24,29). The quantitative estimate of drug-likeness (QED) is 0.626. The zero-order chi connectivity index (χ0) is 20.6. The van der Waals surface area contributed by atoms with Gasteiger partial charge in [0.05, 0.1) is 12.2 Å². The Labute approximate surface area is 171 Å². The van der Waals surface area contributed by atoms with Crippen LogP contribution >= 0.6 is 0 Å². The van der Waals surface area contributed by atoms with E-state index in [-0.39, 0.29) is 30.3 Å². The predicted octanol–water partition coefficient (Wildman–Crippen LogP) is 1.37. The van der Waals surface area contributed by atoms with E-state index in [0.29, 0.717) is 6.42 Å². The minimum atomic E-state index is -0.439. The minimum Gasteiger partial charge on any atom is -0.347 e. The Morgan fingerprint density at radius 2 is 1.59 bits per heavy atom. The van der Waals surface area contributed by atoms with Gasteiger partial charge in [0.2, 0.25) is 5.91 Å². The predicted molar refractivity (Wildman–Crippen MR) is 106 cm³/mol. The van der Waals surface area contributed by atoms with Crippen LogP contribution in [-0.2, 0) is 20.9 Å². The maximum absolute atomic E-state index is 12.5. The first-order valence-electron chi connectivity index (χ1n) is 10.7. The van der Waals surface area contributed by atoms with E-state index in [1.165, 1.54) is 38.5 Å². The van der Waals surface area contributed by atoms with Crippen molar-refractivity contribution in [1.82, 2.24) is 25.9 Å². The fraction of sp³-hybridized carbons (Fsp3) is 0.714. The molecule has 1 aromatic rings. The molecule has 5 rings (SSSR count). The summed E-state index contributed by atoms with van der Waals surface area (Å²) >= 11 is 0. The first-order valence-corrected chi connectivity index (χ1v) is 10.7. The summed E-state index contributed by atoms with van der Waals surface area (Å²) in [6, 6.07) is 1.88. The number of rotatable bonds is 6. The molecule has 4 saturated carbocycles.